The Hall–Kier alpha value is -2.12. The molecule has 116 valence electrons. The summed E-state index contributed by atoms with van der Waals surface area (Å²) in [7, 11) is 1.84. The van der Waals surface area contributed by atoms with Crippen molar-refractivity contribution in [3.05, 3.63) is 47.7 Å². The minimum atomic E-state index is -0.0175. The summed E-state index contributed by atoms with van der Waals surface area (Å²) in [6.07, 6.45) is 5.33. The van der Waals surface area contributed by atoms with E-state index < -0.39 is 0 Å². The Morgan fingerprint density at radius 2 is 2.26 bits per heavy atom. The Labute approximate surface area is 142 Å². The van der Waals surface area contributed by atoms with Crippen molar-refractivity contribution in [1.82, 2.24) is 14.8 Å². The first kappa shape index (κ1) is 14.5. The Kier molecular flexibility index (Phi) is 3.66. The van der Waals surface area contributed by atoms with Gasteiger partial charge in [-0.15, -0.1) is 23.1 Å². The molecule has 0 aromatic carbocycles. The SMILES string of the molecule is Cn1cc(C(=O)N2CCSc3ccncc32)c(-c2cccs2)n1. The average Bonchev–Trinajstić information content (AvgIpc) is 3.23. The summed E-state index contributed by atoms with van der Waals surface area (Å²) in [5.74, 6) is 0.869. The summed E-state index contributed by atoms with van der Waals surface area (Å²) in [6, 6.07) is 5.92. The van der Waals surface area contributed by atoms with Gasteiger partial charge in [-0.2, -0.15) is 5.10 Å². The summed E-state index contributed by atoms with van der Waals surface area (Å²) in [4.78, 5) is 21.2. The van der Waals surface area contributed by atoms with Gasteiger partial charge in [0.1, 0.15) is 5.69 Å². The third-order valence-electron chi connectivity index (χ3n) is 3.68. The molecule has 0 fully saturated rings. The molecule has 1 aliphatic heterocycles. The van der Waals surface area contributed by atoms with Crippen LogP contribution in [0.1, 0.15) is 10.4 Å². The summed E-state index contributed by atoms with van der Waals surface area (Å²) in [5.41, 5.74) is 2.27. The molecule has 0 atom stereocenters. The van der Waals surface area contributed by atoms with Crippen LogP contribution in [-0.4, -0.2) is 33.0 Å². The van der Waals surface area contributed by atoms with Crippen molar-refractivity contribution in [1.29, 1.82) is 0 Å². The van der Waals surface area contributed by atoms with Crippen molar-refractivity contribution in [2.24, 2.45) is 7.05 Å². The molecule has 23 heavy (non-hydrogen) atoms. The Morgan fingerprint density at radius 1 is 1.35 bits per heavy atom. The fraction of sp³-hybridized carbons (Fsp3) is 0.188. The van der Waals surface area contributed by atoms with Crippen molar-refractivity contribution in [3.63, 3.8) is 0 Å². The van der Waals surface area contributed by atoms with Crippen LogP contribution in [0, 0.1) is 0 Å². The van der Waals surface area contributed by atoms with Gasteiger partial charge in [0.15, 0.2) is 0 Å². The second-order valence-corrected chi connectivity index (χ2v) is 7.28. The highest BCUT2D eigenvalue weighted by atomic mass is 32.2. The lowest BCUT2D eigenvalue weighted by Crippen LogP contribution is -2.35. The van der Waals surface area contributed by atoms with E-state index in [9.17, 15) is 4.79 Å². The number of anilines is 1. The first-order valence-corrected chi connectivity index (χ1v) is 9.07. The maximum Gasteiger partial charge on any atom is 0.262 e. The largest absolute Gasteiger partial charge is 0.305 e. The lowest BCUT2D eigenvalue weighted by molar-refractivity contribution is 0.0988. The van der Waals surface area contributed by atoms with E-state index in [-0.39, 0.29) is 5.91 Å². The number of rotatable bonds is 2. The minimum absolute atomic E-state index is 0.0175. The number of aromatic nitrogens is 3. The number of pyridine rings is 1. The van der Waals surface area contributed by atoms with Crippen LogP contribution in [0.3, 0.4) is 0 Å². The van der Waals surface area contributed by atoms with Crippen LogP contribution in [0.4, 0.5) is 5.69 Å². The van der Waals surface area contributed by atoms with Crippen molar-refractivity contribution in [3.8, 4) is 10.6 Å². The molecule has 3 aromatic heterocycles. The number of thioether (sulfide) groups is 1. The van der Waals surface area contributed by atoms with E-state index in [0.29, 0.717) is 12.1 Å². The lowest BCUT2D eigenvalue weighted by atomic mass is 10.2. The van der Waals surface area contributed by atoms with E-state index in [4.69, 9.17) is 0 Å². The molecule has 3 aromatic rings. The smallest absolute Gasteiger partial charge is 0.262 e. The zero-order chi connectivity index (χ0) is 15.8. The zero-order valence-corrected chi connectivity index (χ0v) is 14.1. The van der Waals surface area contributed by atoms with Gasteiger partial charge in [-0.05, 0) is 17.5 Å². The maximum absolute atomic E-state index is 13.1. The van der Waals surface area contributed by atoms with Gasteiger partial charge in [-0.3, -0.25) is 14.5 Å². The molecule has 0 radical (unpaired) electrons. The molecule has 0 saturated heterocycles. The second kappa shape index (κ2) is 5.82. The number of carbonyl (C=O) groups excluding carboxylic acids is 1. The highest BCUT2D eigenvalue weighted by Gasteiger charge is 2.28. The fourth-order valence-corrected chi connectivity index (χ4v) is 4.35. The van der Waals surface area contributed by atoms with Crippen LogP contribution in [0.2, 0.25) is 0 Å². The average molecular weight is 342 g/mol. The highest BCUT2D eigenvalue weighted by molar-refractivity contribution is 7.99. The molecule has 7 heteroatoms. The fourth-order valence-electron chi connectivity index (χ4n) is 2.66. The summed E-state index contributed by atoms with van der Waals surface area (Å²) >= 11 is 3.35. The number of thiophene rings is 1. The number of carbonyl (C=O) groups is 1. The molecular weight excluding hydrogens is 328 g/mol. The predicted octanol–water partition coefficient (Wildman–Crippen LogP) is 3.30. The highest BCUT2D eigenvalue weighted by Crippen LogP contribution is 2.35. The normalized spacial score (nSPS) is 13.9. The summed E-state index contributed by atoms with van der Waals surface area (Å²) in [6.45, 7) is 0.682. The minimum Gasteiger partial charge on any atom is -0.305 e. The number of nitrogens with zero attached hydrogens (tertiary/aromatic N) is 4. The van der Waals surface area contributed by atoms with Gasteiger partial charge in [0.25, 0.3) is 5.91 Å². The van der Waals surface area contributed by atoms with Crippen LogP contribution in [-0.2, 0) is 7.05 Å². The maximum atomic E-state index is 13.1. The Balaban J connectivity index is 1.77. The molecule has 0 unspecified atom stereocenters. The van der Waals surface area contributed by atoms with Crippen molar-refractivity contribution >= 4 is 34.7 Å². The lowest BCUT2D eigenvalue weighted by Gasteiger charge is -2.28. The molecule has 4 rings (SSSR count). The van der Waals surface area contributed by atoms with E-state index in [1.807, 2.05) is 35.5 Å². The van der Waals surface area contributed by atoms with Crippen molar-refractivity contribution < 1.29 is 4.79 Å². The van der Waals surface area contributed by atoms with Gasteiger partial charge in [0.05, 0.1) is 22.3 Å². The zero-order valence-electron chi connectivity index (χ0n) is 12.5. The van der Waals surface area contributed by atoms with Crippen LogP contribution in [0.15, 0.2) is 47.1 Å². The molecule has 0 bridgehead atoms. The number of hydrogen-bond acceptors (Lipinski definition) is 5. The molecule has 5 nitrogen and oxygen atoms in total. The van der Waals surface area contributed by atoms with Crippen molar-refractivity contribution in [2.75, 3.05) is 17.2 Å². The van der Waals surface area contributed by atoms with Gasteiger partial charge in [-0.25, -0.2) is 0 Å². The monoisotopic (exact) mass is 342 g/mol. The molecule has 1 aliphatic rings. The van der Waals surface area contributed by atoms with Crippen LogP contribution < -0.4 is 4.90 Å². The third kappa shape index (κ3) is 2.55. The van der Waals surface area contributed by atoms with Gasteiger partial charge in [0.2, 0.25) is 0 Å². The quantitative estimate of drug-likeness (QED) is 0.717. The molecule has 0 spiro atoms. The molecule has 4 heterocycles. The van der Waals surface area contributed by atoms with Crippen molar-refractivity contribution in [2.45, 2.75) is 4.90 Å². The molecule has 0 N–H and O–H groups in total. The van der Waals surface area contributed by atoms with E-state index in [1.54, 1.807) is 46.4 Å². The second-order valence-electron chi connectivity index (χ2n) is 5.19. The first-order chi connectivity index (χ1) is 11.2. The number of fused-ring (bicyclic) bond motifs is 1. The summed E-state index contributed by atoms with van der Waals surface area (Å²) < 4.78 is 1.70. The molecular formula is C16H14N4OS2. The van der Waals surface area contributed by atoms with Gasteiger partial charge < -0.3 is 4.90 Å². The summed E-state index contributed by atoms with van der Waals surface area (Å²) in [5, 5.41) is 6.48. The van der Waals surface area contributed by atoms with Crippen LogP contribution in [0.5, 0.6) is 0 Å². The topological polar surface area (TPSA) is 51.0 Å². The number of aryl methyl sites for hydroxylation is 1. The Bertz CT molecular complexity index is 857. The van der Waals surface area contributed by atoms with E-state index in [1.165, 1.54) is 0 Å². The standard InChI is InChI=1S/C16H14N4OS2/c1-19-10-11(15(18-19)14-3-2-7-22-14)16(21)20-6-8-23-13-4-5-17-9-12(13)20/h2-5,7,9-10H,6,8H2,1H3. The van der Waals surface area contributed by atoms with E-state index >= 15 is 0 Å². The third-order valence-corrected chi connectivity index (χ3v) is 5.60. The van der Waals surface area contributed by atoms with Gasteiger partial charge in [-0.1, -0.05) is 6.07 Å². The number of hydrogen-bond donors (Lipinski definition) is 0. The first-order valence-electron chi connectivity index (χ1n) is 7.20. The molecule has 0 saturated carbocycles. The molecule has 0 aliphatic carbocycles. The number of amides is 1. The van der Waals surface area contributed by atoms with Crippen LogP contribution >= 0.6 is 23.1 Å². The van der Waals surface area contributed by atoms with E-state index in [2.05, 4.69) is 10.1 Å². The Morgan fingerprint density at radius 3 is 3.09 bits per heavy atom. The van der Waals surface area contributed by atoms with E-state index in [0.717, 1.165) is 26.9 Å². The van der Waals surface area contributed by atoms with Crippen LogP contribution in [0.25, 0.3) is 10.6 Å². The van der Waals surface area contributed by atoms with Gasteiger partial charge >= 0.3 is 0 Å². The molecule has 1 amide bonds. The predicted molar refractivity (Wildman–Crippen MR) is 93.2 cm³/mol. The van der Waals surface area contributed by atoms with Gasteiger partial charge in [0, 0.05) is 36.6 Å².